The number of rotatable bonds is 13. The summed E-state index contributed by atoms with van der Waals surface area (Å²) in [5, 5.41) is 41.0. The maximum absolute atomic E-state index is 13.6. The Balaban J connectivity index is 0.000000211. The van der Waals surface area contributed by atoms with Crippen molar-refractivity contribution in [3.05, 3.63) is 160 Å². The summed E-state index contributed by atoms with van der Waals surface area (Å²) in [6.07, 6.45) is -2.19. The van der Waals surface area contributed by atoms with E-state index in [2.05, 4.69) is 10.1 Å². The molecule has 5 aromatic carbocycles. The maximum atomic E-state index is 13.6. The molecule has 0 fully saturated rings. The molecule has 0 aliphatic heterocycles. The molecule has 410 valence electrons. The van der Waals surface area contributed by atoms with E-state index < -0.39 is 47.0 Å². The van der Waals surface area contributed by atoms with Crippen LogP contribution in [0.2, 0.25) is 5.15 Å². The Labute approximate surface area is 461 Å². The normalized spacial score (nSPS) is 12.5. The van der Waals surface area contributed by atoms with Gasteiger partial charge in [-0.25, -0.2) is 37.4 Å². The topological polar surface area (TPSA) is 192 Å². The van der Waals surface area contributed by atoms with E-state index in [1.165, 1.54) is 28.8 Å². The van der Waals surface area contributed by atoms with Crippen molar-refractivity contribution in [3.63, 3.8) is 0 Å². The highest BCUT2D eigenvalue weighted by Crippen LogP contribution is 2.40. The Morgan fingerprint density at radius 3 is 1.46 bits per heavy atom. The van der Waals surface area contributed by atoms with Crippen LogP contribution in [-0.4, -0.2) is 80.9 Å². The van der Waals surface area contributed by atoms with Crippen LogP contribution in [0.1, 0.15) is 95.7 Å². The lowest BCUT2D eigenvalue weighted by atomic mass is 9.98. The highest BCUT2D eigenvalue weighted by atomic mass is 35.5. The summed E-state index contributed by atoms with van der Waals surface area (Å²) >= 11 is 6.78. The number of hydrogen-bond acceptors (Lipinski definition) is 13. The zero-order valence-electron chi connectivity index (χ0n) is 45.6. The van der Waals surface area contributed by atoms with Gasteiger partial charge < -0.3 is 34.3 Å². The van der Waals surface area contributed by atoms with E-state index in [1.807, 2.05) is 102 Å². The van der Waals surface area contributed by atoms with Crippen molar-refractivity contribution in [2.24, 2.45) is 0 Å². The SMILES string of the molecule is CCOC(=O)[C@@H](OC(C)(C)C)c1c(C)nc2cc(-c3cccc(-c4ccc(F)cc4O)c3)nn2c1-c1ccc(C)c(O)c1.CCOC(=O)[C@@H](OC(C)(C)C)c1c(C)nc2cc(-c3cccc(-c4ccc(F)cc4O)c3)nn2c1Cl. The van der Waals surface area contributed by atoms with Crippen LogP contribution in [0.15, 0.2) is 115 Å². The highest BCUT2D eigenvalue weighted by molar-refractivity contribution is 6.30. The molecule has 4 aromatic heterocycles. The van der Waals surface area contributed by atoms with E-state index in [0.29, 0.717) is 84.3 Å². The molecule has 0 bridgehead atoms. The lowest BCUT2D eigenvalue weighted by molar-refractivity contribution is -0.167. The van der Waals surface area contributed by atoms with Gasteiger partial charge in [0.05, 0.1) is 47.1 Å². The third-order valence-corrected chi connectivity index (χ3v) is 12.8. The molecule has 0 unspecified atom stereocenters. The highest BCUT2D eigenvalue weighted by Gasteiger charge is 2.36. The molecule has 18 heteroatoms. The number of phenolic OH excluding ortho intramolecular Hbond substituents is 3. The number of aryl methyl sites for hydroxylation is 3. The van der Waals surface area contributed by atoms with Gasteiger partial charge in [-0.2, -0.15) is 10.2 Å². The van der Waals surface area contributed by atoms with Gasteiger partial charge in [0.25, 0.3) is 0 Å². The number of phenols is 3. The molecular formula is C61H61ClF2N6O9. The van der Waals surface area contributed by atoms with Crippen LogP contribution in [0.4, 0.5) is 8.78 Å². The fourth-order valence-electron chi connectivity index (χ4n) is 8.93. The molecule has 79 heavy (non-hydrogen) atoms. The van der Waals surface area contributed by atoms with E-state index in [9.17, 15) is 33.7 Å². The average Bonchev–Trinajstić information content (AvgIpc) is 4.27. The van der Waals surface area contributed by atoms with Gasteiger partial charge in [-0.3, -0.25) is 0 Å². The van der Waals surface area contributed by atoms with Crippen molar-refractivity contribution in [2.45, 2.75) is 99.6 Å². The van der Waals surface area contributed by atoms with Crippen molar-refractivity contribution in [1.82, 2.24) is 29.2 Å². The molecule has 0 amide bonds. The largest absolute Gasteiger partial charge is 0.508 e. The van der Waals surface area contributed by atoms with E-state index in [1.54, 1.807) is 57.3 Å². The zero-order valence-corrected chi connectivity index (χ0v) is 46.4. The summed E-state index contributed by atoms with van der Waals surface area (Å²) in [5.74, 6) is -2.39. The van der Waals surface area contributed by atoms with Crippen LogP contribution in [0.5, 0.6) is 17.2 Å². The lowest BCUT2D eigenvalue weighted by Gasteiger charge is -2.28. The van der Waals surface area contributed by atoms with Gasteiger partial charge in [-0.15, -0.1) is 0 Å². The second-order valence-corrected chi connectivity index (χ2v) is 21.0. The van der Waals surface area contributed by atoms with E-state index in [0.717, 1.165) is 23.3 Å². The fourth-order valence-corrected chi connectivity index (χ4v) is 9.30. The van der Waals surface area contributed by atoms with E-state index in [4.69, 9.17) is 40.6 Å². The minimum Gasteiger partial charge on any atom is -0.508 e. The minimum atomic E-state index is -1.12. The Kier molecular flexibility index (Phi) is 16.6. The van der Waals surface area contributed by atoms with Gasteiger partial charge in [0.15, 0.2) is 23.5 Å². The van der Waals surface area contributed by atoms with Gasteiger partial charge in [0.1, 0.15) is 34.0 Å². The van der Waals surface area contributed by atoms with E-state index in [-0.39, 0.29) is 35.6 Å². The first-order valence-electron chi connectivity index (χ1n) is 25.5. The predicted octanol–water partition coefficient (Wildman–Crippen LogP) is 13.6. The Morgan fingerprint density at radius 2 is 1.00 bits per heavy atom. The number of halogens is 3. The standard InChI is InChI=1S/C34H34FN3O5.C27H27ClFN3O4/c1-7-42-33(41)32(43-34(4,5)6)30-20(3)36-29-18-26(37-38(29)31(30)23-12-11-19(2)27(39)16-23)22-10-8-9-21(15-22)25-14-13-24(35)17-28(25)40;1-6-35-26(34)24(36-27(3,4)5)23-15(2)30-22-14-20(31-32(22)25(23)28)17-9-7-8-16(12-17)19-11-10-18(29)13-21(19)33/h8-18,32,39-40H,7H2,1-6H3;7-14,24,33H,6H2,1-5H3/t32-;24-/m00/s1. The molecule has 0 radical (unpaired) electrons. The second-order valence-electron chi connectivity index (χ2n) is 20.7. The summed E-state index contributed by atoms with van der Waals surface area (Å²) in [5.41, 5.74) is 8.39. The van der Waals surface area contributed by atoms with Crippen LogP contribution in [-0.2, 0) is 28.5 Å². The van der Waals surface area contributed by atoms with Gasteiger partial charge in [0.2, 0.25) is 0 Å². The monoisotopic (exact) mass is 1090 g/mol. The number of fused-ring (bicyclic) bond motifs is 2. The molecule has 4 heterocycles. The summed E-state index contributed by atoms with van der Waals surface area (Å²) in [6.45, 7) is 20.3. The van der Waals surface area contributed by atoms with Crippen molar-refractivity contribution < 1.29 is 52.6 Å². The van der Waals surface area contributed by atoms with Crippen LogP contribution < -0.4 is 0 Å². The molecular weight excluding hydrogens is 1030 g/mol. The second kappa shape index (κ2) is 23.0. The Morgan fingerprint density at radius 1 is 0.557 bits per heavy atom. The quantitative estimate of drug-likeness (QED) is 0.0730. The smallest absolute Gasteiger partial charge is 0.340 e. The number of hydrogen-bond donors (Lipinski definition) is 3. The van der Waals surface area contributed by atoms with E-state index >= 15 is 0 Å². The molecule has 0 spiro atoms. The summed E-state index contributed by atoms with van der Waals surface area (Å²) in [4.78, 5) is 35.6. The molecule has 0 saturated carbocycles. The summed E-state index contributed by atoms with van der Waals surface area (Å²) in [6, 6.07) is 31.3. The van der Waals surface area contributed by atoms with Crippen LogP contribution in [0, 0.1) is 32.4 Å². The van der Waals surface area contributed by atoms with Crippen molar-refractivity contribution in [2.75, 3.05) is 13.2 Å². The third-order valence-electron chi connectivity index (χ3n) is 12.4. The summed E-state index contributed by atoms with van der Waals surface area (Å²) in [7, 11) is 0. The first kappa shape index (κ1) is 56.9. The number of esters is 2. The fraction of sp³-hybridized carbons (Fsp3) is 0.279. The molecule has 0 saturated heterocycles. The van der Waals surface area contributed by atoms with Crippen LogP contribution in [0.25, 0.3) is 67.3 Å². The first-order valence-corrected chi connectivity index (χ1v) is 25.9. The number of benzene rings is 5. The van der Waals surface area contributed by atoms with Crippen LogP contribution in [0.3, 0.4) is 0 Å². The molecule has 9 rings (SSSR count). The summed E-state index contributed by atoms with van der Waals surface area (Å²) < 4.78 is 53.2. The van der Waals surface area contributed by atoms with Gasteiger partial charge in [-0.1, -0.05) is 60.1 Å². The third kappa shape index (κ3) is 12.7. The molecule has 9 aromatic rings. The van der Waals surface area contributed by atoms with Crippen molar-refractivity contribution in [1.29, 1.82) is 0 Å². The van der Waals surface area contributed by atoms with Gasteiger partial charge in [0, 0.05) is 69.0 Å². The molecule has 0 aliphatic rings. The predicted molar refractivity (Wildman–Crippen MR) is 298 cm³/mol. The molecule has 2 atom stereocenters. The number of ether oxygens (including phenoxy) is 4. The van der Waals surface area contributed by atoms with Crippen LogP contribution >= 0.6 is 11.6 Å². The number of nitrogens with zero attached hydrogens (tertiary/aromatic N) is 6. The van der Waals surface area contributed by atoms with Crippen molar-refractivity contribution in [3.8, 4) is 73.3 Å². The zero-order chi connectivity index (χ0) is 57.2. The first-order chi connectivity index (χ1) is 37.3. The lowest BCUT2D eigenvalue weighted by Crippen LogP contribution is -2.30. The number of aromatic nitrogens is 6. The Bertz CT molecular complexity index is 3770. The number of carbonyl (C=O) groups excluding carboxylic acids is 2. The maximum Gasteiger partial charge on any atom is 0.340 e. The Hall–Kier alpha value is -8.25. The van der Waals surface area contributed by atoms with Gasteiger partial charge >= 0.3 is 11.9 Å². The van der Waals surface area contributed by atoms with Crippen molar-refractivity contribution >= 4 is 34.8 Å². The molecule has 15 nitrogen and oxygen atoms in total. The number of aromatic hydroxyl groups is 3. The molecule has 0 aliphatic carbocycles. The molecule has 3 N–H and O–H groups in total. The minimum absolute atomic E-state index is 0.0923. The van der Waals surface area contributed by atoms with Gasteiger partial charge in [-0.05, 0) is 135 Å². The average molecular weight is 1100 g/mol. The number of carbonyl (C=O) groups is 2.